The third-order valence-corrected chi connectivity index (χ3v) is 4.21. The van der Waals surface area contributed by atoms with Crippen LogP contribution in [-0.2, 0) is 9.53 Å². The molecule has 0 spiro atoms. The fourth-order valence-corrected chi connectivity index (χ4v) is 2.74. The summed E-state index contributed by atoms with van der Waals surface area (Å²) in [5.74, 6) is -1.22. The highest BCUT2D eigenvalue weighted by atomic mass is 16.5. The normalized spacial score (nSPS) is 12.0. The number of aromatic nitrogens is 2. The molecular formula is C21H21N3O4. The molecule has 0 fully saturated rings. The Morgan fingerprint density at radius 3 is 2.21 bits per heavy atom. The van der Waals surface area contributed by atoms with Crippen LogP contribution < -0.4 is 10.9 Å². The van der Waals surface area contributed by atoms with Crippen molar-refractivity contribution < 1.29 is 14.3 Å². The molecule has 0 radical (unpaired) electrons. The van der Waals surface area contributed by atoms with E-state index in [1.165, 1.54) is 11.6 Å². The van der Waals surface area contributed by atoms with Gasteiger partial charge in [0.15, 0.2) is 11.8 Å². The van der Waals surface area contributed by atoms with Crippen LogP contribution in [0.2, 0.25) is 0 Å². The molecule has 0 saturated heterocycles. The molecule has 0 aliphatic carbocycles. The van der Waals surface area contributed by atoms with Gasteiger partial charge in [0.25, 0.3) is 11.5 Å². The molecule has 0 unspecified atom stereocenters. The van der Waals surface area contributed by atoms with Gasteiger partial charge in [-0.05, 0) is 39.0 Å². The van der Waals surface area contributed by atoms with Crippen LogP contribution in [0.3, 0.4) is 0 Å². The summed E-state index contributed by atoms with van der Waals surface area (Å²) in [7, 11) is 0. The third-order valence-electron chi connectivity index (χ3n) is 4.21. The van der Waals surface area contributed by atoms with Crippen LogP contribution in [0.15, 0.2) is 59.4 Å². The summed E-state index contributed by atoms with van der Waals surface area (Å²) in [5.41, 5.74) is 0.326. The average molecular weight is 379 g/mol. The number of esters is 1. The van der Waals surface area contributed by atoms with Gasteiger partial charge in [-0.25, -0.2) is 9.48 Å². The van der Waals surface area contributed by atoms with Gasteiger partial charge in [0.1, 0.15) is 0 Å². The molecule has 3 aromatic rings. The maximum atomic E-state index is 12.7. The van der Waals surface area contributed by atoms with Gasteiger partial charge in [-0.1, -0.05) is 36.4 Å². The van der Waals surface area contributed by atoms with Crippen LogP contribution in [-0.4, -0.2) is 27.8 Å². The van der Waals surface area contributed by atoms with E-state index < -0.39 is 18.0 Å². The quantitative estimate of drug-likeness (QED) is 0.688. The number of carbonyl (C=O) groups is 2. The van der Waals surface area contributed by atoms with E-state index in [2.05, 4.69) is 10.4 Å². The number of carbonyl (C=O) groups excluding carboxylic acids is 2. The molecule has 1 atom stereocenters. The summed E-state index contributed by atoms with van der Waals surface area (Å²) in [6.45, 7) is 5.08. The molecule has 1 heterocycles. The molecular weight excluding hydrogens is 358 g/mol. The minimum atomic E-state index is -1.03. The summed E-state index contributed by atoms with van der Waals surface area (Å²) in [6, 6.07) is 15.4. The van der Waals surface area contributed by atoms with Gasteiger partial charge in [-0.15, -0.1) is 0 Å². The second-order valence-corrected chi connectivity index (χ2v) is 6.64. The summed E-state index contributed by atoms with van der Waals surface area (Å²) < 4.78 is 6.57. The number of nitrogens with one attached hydrogen (secondary N) is 1. The number of rotatable bonds is 5. The second-order valence-electron chi connectivity index (χ2n) is 6.64. The van der Waals surface area contributed by atoms with Crippen molar-refractivity contribution in [3.63, 3.8) is 0 Å². The van der Waals surface area contributed by atoms with Crippen LogP contribution >= 0.6 is 0 Å². The average Bonchev–Trinajstić information content (AvgIpc) is 2.68. The number of para-hydroxylation sites is 1. The smallest absolute Gasteiger partial charge is 0.360 e. The minimum Gasteiger partial charge on any atom is -0.448 e. The Labute approximate surface area is 161 Å². The lowest BCUT2D eigenvalue weighted by Gasteiger charge is -2.16. The topological polar surface area (TPSA) is 90.3 Å². The van der Waals surface area contributed by atoms with Gasteiger partial charge in [0.2, 0.25) is 0 Å². The monoisotopic (exact) mass is 379 g/mol. The van der Waals surface area contributed by atoms with E-state index in [9.17, 15) is 14.4 Å². The predicted octanol–water partition coefficient (Wildman–Crippen LogP) is 3.16. The van der Waals surface area contributed by atoms with Crippen LogP contribution in [0.4, 0.5) is 5.69 Å². The molecule has 7 nitrogen and oxygen atoms in total. The first-order valence-corrected chi connectivity index (χ1v) is 8.97. The number of ether oxygens (including phenoxy) is 1. The maximum absolute atomic E-state index is 12.7. The first kappa shape index (κ1) is 19.3. The largest absolute Gasteiger partial charge is 0.448 e. The molecule has 144 valence electrons. The number of fused-ring (bicyclic) bond motifs is 1. The van der Waals surface area contributed by atoms with E-state index in [0.717, 1.165) is 0 Å². The predicted molar refractivity (Wildman–Crippen MR) is 106 cm³/mol. The molecule has 3 rings (SSSR count). The van der Waals surface area contributed by atoms with E-state index in [0.29, 0.717) is 16.5 Å². The van der Waals surface area contributed by atoms with Crippen LogP contribution in [0.5, 0.6) is 0 Å². The van der Waals surface area contributed by atoms with Crippen molar-refractivity contribution in [2.24, 2.45) is 0 Å². The van der Waals surface area contributed by atoms with E-state index >= 15 is 0 Å². The van der Waals surface area contributed by atoms with Crippen molar-refractivity contribution in [2.75, 3.05) is 5.32 Å². The van der Waals surface area contributed by atoms with E-state index in [4.69, 9.17) is 4.74 Å². The van der Waals surface area contributed by atoms with Crippen LogP contribution in [0, 0.1) is 0 Å². The number of nitrogens with zero attached hydrogens (tertiary/aromatic N) is 2. The molecule has 2 aromatic carbocycles. The zero-order chi connectivity index (χ0) is 20.3. The number of anilines is 1. The first-order valence-electron chi connectivity index (χ1n) is 8.97. The van der Waals surface area contributed by atoms with Gasteiger partial charge >= 0.3 is 5.97 Å². The number of hydrogen-bond donors (Lipinski definition) is 1. The molecule has 28 heavy (non-hydrogen) atoms. The fourth-order valence-electron chi connectivity index (χ4n) is 2.74. The minimum absolute atomic E-state index is 0.00302. The van der Waals surface area contributed by atoms with Crippen molar-refractivity contribution in [3.05, 3.63) is 70.6 Å². The summed E-state index contributed by atoms with van der Waals surface area (Å²) >= 11 is 0. The molecule has 0 bridgehead atoms. The number of amides is 1. The maximum Gasteiger partial charge on any atom is 0.360 e. The van der Waals surface area contributed by atoms with Crippen LogP contribution in [0.1, 0.15) is 37.3 Å². The van der Waals surface area contributed by atoms with Gasteiger partial charge < -0.3 is 10.1 Å². The molecule has 0 aliphatic rings. The van der Waals surface area contributed by atoms with Gasteiger partial charge in [-0.2, -0.15) is 5.10 Å². The van der Waals surface area contributed by atoms with Crippen molar-refractivity contribution >= 4 is 28.3 Å². The number of hydrogen-bond acceptors (Lipinski definition) is 5. The molecule has 0 saturated carbocycles. The highest BCUT2D eigenvalue weighted by Gasteiger charge is 2.23. The lowest BCUT2D eigenvalue weighted by Crippen LogP contribution is -2.32. The Hall–Kier alpha value is -3.48. The van der Waals surface area contributed by atoms with Gasteiger partial charge in [0.05, 0.1) is 11.4 Å². The highest BCUT2D eigenvalue weighted by molar-refractivity contribution is 6.03. The fraction of sp³-hybridized carbons (Fsp3) is 0.238. The van der Waals surface area contributed by atoms with E-state index in [-0.39, 0.29) is 17.3 Å². The van der Waals surface area contributed by atoms with E-state index in [1.807, 2.05) is 6.07 Å². The van der Waals surface area contributed by atoms with Gasteiger partial charge in [-0.3, -0.25) is 9.59 Å². The third kappa shape index (κ3) is 3.93. The molecule has 7 heteroatoms. The Balaban J connectivity index is 1.88. The Kier molecular flexibility index (Phi) is 5.54. The lowest BCUT2D eigenvalue weighted by molar-refractivity contribution is -0.123. The Morgan fingerprint density at radius 2 is 1.57 bits per heavy atom. The van der Waals surface area contributed by atoms with Crippen molar-refractivity contribution in [1.82, 2.24) is 9.78 Å². The Morgan fingerprint density at radius 1 is 0.964 bits per heavy atom. The molecule has 1 amide bonds. The highest BCUT2D eigenvalue weighted by Crippen LogP contribution is 2.17. The van der Waals surface area contributed by atoms with Crippen LogP contribution in [0.25, 0.3) is 10.8 Å². The SMILES string of the molecule is CC(C)n1nc(C(=O)O[C@@H](C)C(=O)Nc2ccccc2)c2ccccc2c1=O. The first-order chi connectivity index (χ1) is 13.4. The van der Waals surface area contributed by atoms with Crippen molar-refractivity contribution in [1.29, 1.82) is 0 Å². The standard InChI is InChI=1S/C21H21N3O4/c1-13(2)24-20(26)17-12-8-7-11-16(17)18(23-24)21(27)28-14(3)19(25)22-15-9-5-4-6-10-15/h4-14H,1-3H3,(H,22,25)/t14-/m0/s1. The van der Waals surface area contributed by atoms with Crippen molar-refractivity contribution in [3.8, 4) is 0 Å². The number of benzene rings is 2. The summed E-state index contributed by atoms with van der Waals surface area (Å²) in [5, 5.41) is 7.64. The van der Waals surface area contributed by atoms with Gasteiger partial charge in [0, 0.05) is 11.1 Å². The molecule has 0 aliphatic heterocycles. The second kappa shape index (κ2) is 8.04. The zero-order valence-electron chi connectivity index (χ0n) is 15.9. The Bertz CT molecular complexity index is 1070. The van der Waals surface area contributed by atoms with Crippen molar-refractivity contribution in [2.45, 2.75) is 32.9 Å². The molecule has 1 aromatic heterocycles. The van der Waals surface area contributed by atoms with E-state index in [1.54, 1.807) is 62.4 Å². The molecule has 1 N–H and O–H groups in total. The summed E-state index contributed by atoms with van der Waals surface area (Å²) in [4.78, 5) is 37.6. The summed E-state index contributed by atoms with van der Waals surface area (Å²) in [6.07, 6.45) is -1.03. The zero-order valence-corrected chi connectivity index (χ0v) is 15.9. The lowest BCUT2D eigenvalue weighted by atomic mass is 10.1.